The van der Waals surface area contributed by atoms with Crippen molar-refractivity contribution in [3.05, 3.63) is 0 Å². The summed E-state index contributed by atoms with van der Waals surface area (Å²) in [6.07, 6.45) is 4.54. The monoisotopic (exact) mass is 322 g/mol. The Kier molecular flexibility index (Phi) is 14.9. The Morgan fingerprint density at radius 3 is 1.45 bits per heavy atom. The summed E-state index contributed by atoms with van der Waals surface area (Å²) in [5.41, 5.74) is 4.34. The molecule has 4 nitrogen and oxygen atoms in total. The van der Waals surface area contributed by atoms with Crippen molar-refractivity contribution in [1.29, 1.82) is 0 Å². The summed E-state index contributed by atoms with van der Waals surface area (Å²) in [7, 11) is 0. The molecular formula is C14H30N2O2S2. The number of hydrogen-bond acceptors (Lipinski definition) is 2. The number of primary amides is 1. The zero-order valence-corrected chi connectivity index (χ0v) is 14.9. The molecule has 0 aliphatic heterocycles. The van der Waals surface area contributed by atoms with Crippen molar-refractivity contribution in [2.24, 2.45) is 17.6 Å². The molecule has 6 heteroatoms. The first kappa shape index (κ1) is 21.9. The Morgan fingerprint density at radius 2 is 1.25 bits per heavy atom. The number of carbonyl (C=O) groups excluding carboxylic acids is 2. The third-order valence-corrected chi connectivity index (χ3v) is 2.97. The van der Waals surface area contributed by atoms with Gasteiger partial charge in [0.2, 0.25) is 0 Å². The van der Waals surface area contributed by atoms with E-state index < -0.39 is 5.24 Å². The highest BCUT2D eigenvalue weighted by Gasteiger charge is 2.09. The van der Waals surface area contributed by atoms with Crippen LogP contribution < -0.4 is 5.73 Å². The average molecular weight is 323 g/mol. The number of nitrogens with two attached hydrogens (primary N) is 1. The molecule has 0 fully saturated rings. The zero-order chi connectivity index (χ0) is 16.1. The highest BCUT2D eigenvalue weighted by Crippen LogP contribution is 2.09. The normalized spacial score (nSPS) is 10.2. The smallest absolute Gasteiger partial charge is 0.278 e. The van der Waals surface area contributed by atoms with Gasteiger partial charge >= 0.3 is 0 Å². The Balaban J connectivity index is 0. The minimum Gasteiger partial charge on any atom is -0.361 e. The Bertz CT molecular complexity index is 254. The SMILES string of the molecule is CC(C)CCCN(CCCC(C)C)C(=O)S.NC(=O)S. The van der Waals surface area contributed by atoms with Crippen LogP contribution >= 0.6 is 25.3 Å². The Labute approximate surface area is 134 Å². The molecule has 0 radical (unpaired) electrons. The van der Waals surface area contributed by atoms with E-state index in [9.17, 15) is 4.79 Å². The third kappa shape index (κ3) is 20.0. The number of rotatable bonds is 8. The molecule has 0 rings (SSSR count). The van der Waals surface area contributed by atoms with Crippen LogP contribution in [0.25, 0.3) is 0 Å². The highest BCUT2D eigenvalue weighted by molar-refractivity contribution is 7.96. The molecule has 0 aliphatic carbocycles. The van der Waals surface area contributed by atoms with E-state index >= 15 is 0 Å². The molecule has 20 heavy (non-hydrogen) atoms. The van der Waals surface area contributed by atoms with Gasteiger partial charge in [0.15, 0.2) is 0 Å². The first-order valence-corrected chi connectivity index (χ1v) is 8.02. The molecule has 0 aliphatic rings. The van der Waals surface area contributed by atoms with E-state index in [2.05, 4.69) is 58.7 Å². The van der Waals surface area contributed by atoms with Crippen LogP contribution in [0.5, 0.6) is 0 Å². The number of thiol groups is 2. The summed E-state index contributed by atoms with van der Waals surface area (Å²) in [4.78, 5) is 22.2. The predicted molar refractivity (Wildman–Crippen MR) is 92.7 cm³/mol. The van der Waals surface area contributed by atoms with E-state index in [1.807, 2.05) is 4.90 Å². The van der Waals surface area contributed by atoms with Crippen LogP contribution in [0, 0.1) is 11.8 Å². The van der Waals surface area contributed by atoms with Crippen LogP contribution in [0.3, 0.4) is 0 Å². The maximum Gasteiger partial charge on any atom is 0.278 e. The first-order chi connectivity index (χ1) is 9.16. The van der Waals surface area contributed by atoms with Gasteiger partial charge in [-0.15, -0.1) is 0 Å². The molecule has 0 unspecified atom stereocenters. The van der Waals surface area contributed by atoms with Gasteiger partial charge in [-0.25, -0.2) is 0 Å². The maximum atomic E-state index is 11.3. The summed E-state index contributed by atoms with van der Waals surface area (Å²) in [6, 6.07) is 0. The lowest BCUT2D eigenvalue weighted by atomic mass is 10.1. The van der Waals surface area contributed by atoms with Gasteiger partial charge in [-0.05, 0) is 37.5 Å². The first-order valence-electron chi connectivity index (χ1n) is 7.13. The van der Waals surface area contributed by atoms with Gasteiger partial charge in [-0.1, -0.05) is 53.0 Å². The second-order valence-electron chi connectivity index (χ2n) is 5.68. The molecule has 0 saturated carbocycles. The second-order valence-corrected chi connectivity index (χ2v) is 6.50. The fraction of sp³-hybridized carbons (Fsp3) is 0.857. The topological polar surface area (TPSA) is 63.4 Å². The van der Waals surface area contributed by atoms with Crippen molar-refractivity contribution in [1.82, 2.24) is 4.90 Å². The van der Waals surface area contributed by atoms with Crippen LogP contribution in [-0.2, 0) is 0 Å². The fourth-order valence-corrected chi connectivity index (χ4v) is 1.88. The van der Waals surface area contributed by atoms with E-state index in [-0.39, 0.29) is 5.24 Å². The molecule has 0 aromatic heterocycles. The van der Waals surface area contributed by atoms with E-state index in [1.165, 1.54) is 12.8 Å². The molecular weight excluding hydrogens is 292 g/mol. The number of nitrogens with zero attached hydrogens (tertiary/aromatic N) is 1. The van der Waals surface area contributed by atoms with Crippen molar-refractivity contribution in [2.45, 2.75) is 53.4 Å². The minimum atomic E-state index is -0.639. The highest BCUT2D eigenvalue weighted by atomic mass is 32.1. The molecule has 0 atom stereocenters. The quantitative estimate of drug-likeness (QED) is 0.586. The molecule has 0 heterocycles. The summed E-state index contributed by atoms with van der Waals surface area (Å²) in [5, 5.41) is -0.715. The number of carbonyl (C=O) groups is 2. The van der Waals surface area contributed by atoms with Crippen LogP contribution in [0.2, 0.25) is 0 Å². The van der Waals surface area contributed by atoms with Gasteiger partial charge in [-0.2, -0.15) is 0 Å². The van der Waals surface area contributed by atoms with Gasteiger partial charge in [-0.3, -0.25) is 9.59 Å². The summed E-state index contributed by atoms with van der Waals surface area (Å²) >= 11 is 7.03. The van der Waals surface area contributed by atoms with Crippen molar-refractivity contribution >= 4 is 35.7 Å². The van der Waals surface area contributed by atoms with Crippen LogP contribution in [-0.4, -0.2) is 28.5 Å². The maximum absolute atomic E-state index is 11.3. The summed E-state index contributed by atoms with van der Waals surface area (Å²) in [5.74, 6) is 1.43. The van der Waals surface area contributed by atoms with E-state index in [1.54, 1.807) is 0 Å². The largest absolute Gasteiger partial charge is 0.361 e. The lowest BCUT2D eigenvalue weighted by Crippen LogP contribution is -2.29. The van der Waals surface area contributed by atoms with Crippen molar-refractivity contribution in [3.63, 3.8) is 0 Å². The third-order valence-electron chi connectivity index (χ3n) is 2.69. The average Bonchev–Trinajstić information content (AvgIpc) is 2.24. The molecule has 120 valence electrons. The second kappa shape index (κ2) is 13.6. The molecule has 2 N–H and O–H groups in total. The van der Waals surface area contributed by atoms with Gasteiger partial charge in [0.05, 0.1) is 0 Å². The van der Waals surface area contributed by atoms with Gasteiger partial charge in [0, 0.05) is 13.1 Å². The zero-order valence-electron chi connectivity index (χ0n) is 13.1. The lowest BCUT2D eigenvalue weighted by molar-refractivity contribution is 0.219. The van der Waals surface area contributed by atoms with Crippen molar-refractivity contribution in [2.75, 3.05) is 13.1 Å². The molecule has 0 saturated heterocycles. The minimum absolute atomic E-state index is 0.0764. The van der Waals surface area contributed by atoms with Crippen molar-refractivity contribution in [3.8, 4) is 0 Å². The fourth-order valence-electron chi connectivity index (χ4n) is 1.68. The molecule has 2 amide bonds. The van der Waals surface area contributed by atoms with Gasteiger partial charge in [0.1, 0.15) is 0 Å². The van der Waals surface area contributed by atoms with Gasteiger partial charge in [0.25, 0.3) is 10.5 Å². The summed E-state index contributed by atoms with van der Waals surface area (Å²) in [6.45, 7) is 10.6. The van der Waals surface area contributed by atoms with Gasteiger partial charge < -0.3 is 10.6 Å². The Morgan fingerprint density at radius 1 is 0.950 bits per heavy atom. The van der Waals surface area contributed by atoms with E-state index in [4.69, 9.17) is 4.79 Å². The van der Waals surface area contributed by atoms with Crippen LogP contribution in [0.15, 0.2) is 0 Å². The predicted octanol–water partition coefficient (Wildman–Crippen LogP) is 4.21. The Hall–Kier alpha value is -0.360. The van der Waals surface area contributed by atoms with Crippen LogP contribution in [0.4, 0.5) is 9.59 Å². The molecule has 0 aromatic carbocycles. The lowest BCUT2D eigenvalue weighted by Gasteiger charge is -2.21. The number of hydrogen-bond donors (Lipinski definition) is 3. The molecule has 0 aromatic rings. The van der Waals surface area contributed by atoms with Crippen LogP contribution in [0.1, 0.15) is 53.4 Å². The number of amides is 2. The van der Waals surface area contributed by atoms with E-state index in [0.29, 0.717) is 11.8 Å². The van der Waals surface area contributed by atoms with Crippen molar-refractivity contribution < 1.29 is 9.59 Å². The summed E-state index contributed by atoms with van der Waals surface area (Å²) < 4.78 is 0. The molecule has 0 bridgehead atoms. The van der Waals surface area contributed by atoms with E-state index in [0.717, 1.165) is 25.9 Å². The molecule has 0 spiro atoms. The standard InChI is InChI=1S/C13H27NOS.CH3NOS/c1-11(2)7-5-9-14(13(15)16)10-6-8-12(3)4;2-1(3)4/h11-12H,5-10H2,1-4H3,(H,15,16);(H3,2,3,4).